The fourth-order valence-electron chi connectivity index (χ4n) is 3.03. The predicted octanol–water partition coefficient (Wildman–Crippen LogP) is 4.87. The van der Waals surface area contributed by atoms with Crippen molar-refractivity contribution in [2.45, 2.75) is 18.2 Å². The molecule has 0 atom stereocenters. The van der Waals surface area contributed by atoms with E-state index in [2.05, 4.69) is 10.0 Å². The number of anilines is 2. The molecule has 33 heavy (non-hydrogen) atoms. The van der Waals surface area contributed by atoms with Crippen LogP contribution in [0.3, 0.4) is 0 Å². The van der Waals surface area contributed by atoms with Crippen LogP contribution in [-0.4, -0.2) is 28.0 Å². The molecule has 3 rings (SSSR count). The fraction of sp³-hybridized carbons (Fsp3) is 0.174. The fourth-order valence-corrected chi connectivity index (χ4v) is 4.51. The van der Waals surface area contributed by atoms with Crippen LogP contribution in [-0.2, 0) is 21.2 Å². The smallest absolute Gasteiger partial charge is 0.265 e. The molecule has 10 heteroatoms. The van der Waals surface area contributed by atoms with E-state index in [0.29, 0.717) is 18.0 Å². The van der Waals surface area contributed by atoms with Gasteiger partial charge in [-0.3, -0.25) is 9.52 Å². The third-order valence-electron chi connectivity index (χ3n) is 4.55. The minimum Gasteiger partial charge on any atom is -0.495 e. The van der Waals surface area contributed by atoms with Crippen molar-refractivity contribution in [2.24, 2.45) is 0 Å². The van der Waals surface area contributed by atoms with Gasteiger partial charge in [0.2, 0.25) is 5.91 Å². The molecule has 0 aliphatic carbocycles. The highest BCUT2D eigenvalue weighted by Crippen LogP contribution is 2.30. The number of ether oxygens (including phenoxy) is 2. The number of hydrogen-bond acceptors (Lipinski definition) is 5. The molecular weight excluding hydrogens is 471 g/mol. The van der Waals surface area contributed by atoms with Crippen LogP contribution >= 0.6 is 11.6 Å². The average molecular weight is 493 g/mol. The van der Waals surface area contributed by atoms with Crippen molar-refractivity contribution < 1.29 is 27.1 Å². The molecular formula is C23H22ClFN2O5S. The summed E-state index contributed by atoms with van der Waals surface area (Å²) in [5.74, 6) is -0.466. The second-order valence-corrected chi connectivity index (χ2v) is 8.91. The van der Waals surface area contributed by atoms with E-state index in [9.17, 15) is 17.6 Å². The van der Waals surface area contributed by atoms with Gasteiger partial charge in [0.25, 0.3) is 10.0 Å². The first-order chi connectivity index (χ1) is 15.7. The molecule has 0 fully saturated rings. The zero-order valence-electron chi connectivity index (χ0n) is 17.9. The summed E-state index contributed by atoms with van der Waals surface area (Å²) in [5, 5.41) is 2.69. The van der Waals surface area contributed by atoms with Crippen LogP contribution in [0.4, 0.5) is 15.8 Å². The Morgan fingerprint density at radius 3 is 2.39 bits per heavy atom. The number of halogens is 2. The molecule has 0 spiro atoms. The summed E-state index contributed by atoms with van der Waals surface area (Å²) in [5.41, 5.74) is 0.569. The number of methoxy groups -OCH3 is 1. The van der Waals surface area contributed by atoms with E-state index < -0.39 is 21.7 Å². The summed E-state index contributed by atoms with van der Waals surface area (Å²) in [6.45, 7) is 2.34. The molecule has 0 aromatic heterocycles. The van der Waals surface area contributed by atoms with Crippen LogP contribution in [0.15, 0.2) is 65.6 Å². The van der Waals surface area contributed by atoms with E-state index in [1.165, 1.54) is 43.5 Å². The molecule has 0 aliphatic heterocycles. The monoisotopic (exact) mass is 492 g/mol. The van der Waals surface area contributed by atoms with Crippen molar-refractivity contribution in [3.05, 3.63) is 77.1 Å². The Bertz CT molecular complexity index is 1230. The quantitative estimate of drug-likeness (QED) is 0.444. The zero-order valence-corrected chi connectivity index (χ0v) is 19.5. The van der Waals surface area contributed by atoms with Crippen molar-refractivity contribution >= 4 is 38.9 Å². The van der Waals surface area contributed by atoms with Gasteiger partial charge in [0, 0.05) is 22.0 Å². The summed E-state index contributed by atoms with van der Waals surface area (Å²) >= 11 is 5.97. The van der Waals surface area contributed by atoms with Gasteiger partial charge in [0.05, 0.1) is 20.1 Å². The van der Waals surface area contributed by atoms with E-state index in [0.717, 1.165) is 0 Å². The number of benzene rings is 3. The molecule has 2 N–H and O–H groups in total. The van der Waals surface area contributed by atoms with Crippen LogP contribution in [0.1, 0.15) is 12.5 Å². The molecule has 3 aromatic rings. The minimum absolute atomic E-state index is 0.0511. The van der Waals surface area contributed by atoms with E-state index in [4.69, 9.17) is 21.1 Å². The Morgan fingerprint density at radius 1 is 1.06 bits per heavy atom. The van der Waals surface area contributed by atoms with Crippen molar-refractivity contribution in [3.8, 4) is 11.5 Å². The van der Waals surface area contributed by atoms with E-state index in [1.54, 1.807) is 24.3 Å². The lowest BCUT2D eigenvalue weighted by atomic mass is 10.1. The molecule has 0 bridgehead atoms. The molecule has 3 aromatic carbocycles. The lowest BCUT2D eigenvalue weighted by molar-refractivity contribution is -0.115. The largest absolute Gasteiger partial charge is 0.495 e. The molecule has 0 radical (unpaired) electrons. The third kappa shape index (κ3) is 6.15. The lowest BCUT2D eigenvalue weighted by Crippen LogP contribution is -2.17. The van der Waals surface area contributed by atoms with E-state index in [1.807, 2.05) is 6.92 Å². The van der Waals surface area contributed by atoms with Crippen molar-refractivity contribution in [1.29, 1.82) is 0 Å². The van der Waals surface area contributed by atoms with Crippen LogP contribution in [0.2, 0.25) is 5.02 Å². The topological polar surface area (TPSA) is 93.7 Å². The molecule has 7 nitrogen and oxygen atoms in total. The van der Waals surface area contributed by atoms with Crippen LogP contribution in [0.5, 0.6) is 11.5 Å². The molecule has 0 heterocycles. The summed E-state index contributed by atoms with van der Waals surface area (Å²) < 4.78 is 53.0. The number of rotatable bonds is 9. The van der Waals surface area contributed by atoms with Crippen LogP contribution < -0.4 is 19.5 Å². The summed E-state index contributed by atoms with van der Waals surface area (Å²) in [6.07, 6.45) is -0.315. The Hall–Kier alpha value is -3.30. The van der Waals surface area contributed by atoms with Gasteiger partial charge in [-0.2, -0.15) is 0 Å². The number of hydrogen-bond donors (Lipinski definition) is 2. The highest BCUT2D eigenvalue weighted by Gasteiger charge is 2.21. The summed E-state index contributed by atoms with van der Waals surface area (Å²) in [7, 11) is -2.72. The Kier molecular flexibility index (Phi) is 7.78. The SMILES string of the molecule is CCOc1ccc(NS(=O)(=O)c2cc(NC(=O)Cc3c(F)cccc3Cl)ccc2OC)cc1. The summed E-state index contributed by atoms with van der Waals surface area (Å²) in [6, 6.07) is 14.7. The number of nitrogens with one attached hydrogen (secondary N) is 2. The first-order valence-corrected chi connectivity index (χ1v) is 11.8. The number of carbonyl (C=O) groups is 1. The molecule has 0 aliphatic rings. The van der Waals surface area contributed by atoms with Gasteiger partial charge in [-0.1, -0.05) is 17.7 Å². The molecule has 0 saturated heterocycles. The highest BCUT2D eigenvalue weighted by molar-refractivity contribution is 7.92. The maximum absolute atomic E-state index is 14.0. The number of sulfonamides is 1. The highest BCUT2D eigenvalue weighted by atomic mass is 35.5. The number of carbonyl (C=O) groups excluding carboxylic acids is 1. The van der Waals surface area contributed by atoms with Crippen molar-refractivity contribution in [1.82, 2.24) is 0 Å². The Labute approximate surface area is 196 Å². The van der Waals surface area contributed by atoms with Gasteiger partial charge >= 0.3 is 0 Å². The number of amides is 1. The van der Waals surface area contributed by atoms with Gasteiger partial charge in [-0.05, 0) is 61.5 Å². The van der Waals surface area contributed by atoms with Crippen LogP contribution in [0, 0.1) is 5.82 Å². The standard InChI is InChI=1S/C23H22ClFN2O5S/c1-3-32-17-10-7-15(8-11-17)27-33(29,30)22-13-16(9-12-21(22)31-2)26-23(28)14-18-19(24)5-4-6-20(18)25/h4-13,27H,3,14H2,1-2H3,(H,26,28). The van der Waals surface area contributed by atoms with Gasteiger partial charge in [-0.15, -0.1) is 0 Å². The zero-order chi connectivity index (χ0) is 24.0. The molecule has 0 saturated carbocycles. The average Bonchev–Trinajstić information content (AvgIpc) is 2.78. The maximum Gasteiger partial charge on any atom is 0.265 e. The van der Waals surface area contributed by atoms with Crippen molar-refractivity contribution in [3.63, 3.8) is 0 Å². The van der Waals surface area contributed by atoms with Crippen LogP contribution in [0.25, 0.3) is 0 Å². The molecule has 1 amide bonds. The first kappa shape index (κ1) is 24.3. The normalized spacial score (nSPS) is 11.0. The van der Waals surface area contributed by atoms with E-state index in [-0.39, 0.29) is 33.3 Å². The van der Waals surface area contributed by atoms with Gasteiger partial charge in [-0.25, -0.2) is 12.8 Å². The van der Waals surface area contributed by atoms with Crippen molar-refractivity contribution in [2.75, 3.05) is 23.8 Å². The van der Waals surface area contributed by atoms with E-state index >= 15 is 0 Å². The second-order valence-electron chi connectivity index (χ2n) is 6.85. The molecule has 174 valence electrons. The predicted molar refractivity (Wildman–Crippen MR) is 125 cm³/mol. The third-order valence-corrected chi connectivity index (χ3v) is 6.31. The first-order valence-electron chi connectivity index (χ1n) is 9.90. The Morgan fingerprint density at radius 2 is 1.76 bits per heavy atom. The van der Waals surface area contributed by atoms with Gasteiger partial charge in [0.15, 0.2) is 0 Å². The lowest BCUT2D eigenvalue weighted by Gasteiger charge is -2.14. The molecule has 0 unspecified atom stereocenters. The van der Waals surface area contributed by atoms with Gasteiger partial charge < -0.3 is 14.8 Å². The second kappa shape index (κ2) is 10.5. The summed E-state index contributed by atoms with van der Waals surface area (Å²) in [4.78, 5) is 12.3. The van der Waals surface area contributed by atoms with Gasteiger partial charge in [0.1, 0.15) is 22.2 Å². The Balaban J connectivity index is 1.81. The minimum atomic E-state index is -4.06. The maximum atomic E-state index is 14.0.